The second kappa shape index (κ2) is 5.69. The van der Waals surface area contributed by atoms with Crippen LogP contribution in [0.2, 0.25) is 0 Å². The van der Waals surface area contributed by atoms with Crippen molar-refractivity contribution in [2.75, 3.05) is 0 Å². The second-order valence-corrected chi connectivity index (χ2v) is 5.48. The first-order chi connectivity index (χ1) is 10.6. The summed E-state index contributed by atoms with van der Waals surface area (Å²) in [5.74, 6) is -0.632. The van der Waals surface area contributed by atoms with E-state index in [0.717, 1.165) is 10.0 Å². The van der Waals surface area contributed by atoms with E-state index in [1.165, 1.54) is 12.4 Å². The highest BCUT2D eigenvalue weighted by molar-refractivity contribution is 9.10. The molecular formula is C15H11BrN4O2. The molecule has 110 valence electrons. The van der Waals surface area contributed by atoms with Crippen LogP contribution in [0.25, 0.3) is 10.9 Å². The Morgan fingerprint density at radius 2 is 2.00 bits per heavy atom. The largest absolute Gasteiger partial charge is 0.493 e. The van der Waals surface area contributed by atoms with Crippen molar-refractivity contribution in [1.82, 2.24) is 9.97 Å². The number of H-pyrrole nitrogens is 1. The molecule has 2 heterocycles. The quantitative estimate of drug-likeness (QED) is 0.670. The van der Waals surface area contributed by atoms with E-state index in [-0.39, 0.29) is 11.6 Å². The Morgan fingerprint density at radius 3 is 2.73 bits per heavy atom. The molecule has 1 amide bonds. The monoisotopic (exact) mass is 358 g/mol. The highest BCUT2D eigenvalue weighted by Gasteiger charge is 2.15. The molecule has 22 heavy (non-hydrogen) atoms. The summed E-state index contributed by atoms with van der Waals surface area (Å²) in [7, 11) is 0. The second-order valence-electron chi connectivity index (χ2n) is 4.68. The minimum atomic E-state index is -0.500. The van der Waals surface area contributed by atoms with Crippen molar-refractivity contribution >= 4 is 38.4 Å². The van der Waals surface area contributed by atoms with E-state index in [4.69, 9.17) is 0 Å². The van der Waals surface area contributed by atoms with Gasteiger partial charge in [-0.1, -0.05) is 6.07 Å². The minimum Gasteiger partial charge on any atom is -0.493 e. The van der Waals surface area contributed by atoms with Crippen LogP contribution in [0.5, 0.6) is 5.88 Å². The first-order valence-electron chi connectivity index (χ1n) is 6.44. The van der Waals surface area contributed by atoms with Crippen molar-refractivity contribution in [3.05, 3.63) is 52.3 Å². The zero-order chi connectivity index (χ0) is 15.7. The van der Waals surface area contributed by atoms with Crippen LogP contribution in [0.15, 0.2) is 51.4 Å². The summed E-state index contributed by atoms with van der Waals surface area (Å²) in [4.78, 5) is 18.6. The van der Waals surface area contributed by atoms with Crippen molar-refractivity contribution in [2.24, 2.45) is 10.2 Å². The predicted octanol–water partition coefficient (Wildman–Crippen LogP) is 4.26. The molecule has 7 heteroatoms. The number of amides is 1. The third-order valence-electron chi connectivity index (χ3n) is 3.22. The summed E-state index contributed by atoms with van der Waals surface area (Å²) in [5, 5.41) is 18.3. The van der Waals surface area contributed by atoms with E-state index in [1.54, 1.807) is 12.1 Å². The average Bonchev–Trinajstić information content (AvgIpc) is 2.86. The number of aromatic amines is 1. The molecule has 0 aliphatic carbocycles. The number of halogens is 1. The SMILES string of the molecule is Cc1ccc2[nH]c(O)c(N=NC(=O)c3ccncc3)c2c1Br. The molecule has 0 unspecified atom stereocenters. The Hall–Kier alpha value is -2.54. The number of nitrogens with one attached hydrogen (secondary N) is 1. The zero-order valence-corrected chi connectivity index (χ0v) is 13.1. The maximum atomic E-state index is 11.9. The molecule has 0 bridgehead atoms. The summed E-state index contributed by atoms with van der Waals surface area (Å²) < 4.78 is 0.798. The maximum absolute atomic E-state index is 11.9. The number of fused-ring (bicyclic) bond motifs is 1. The highest BCUT2D eigenvalue weighted by Crippen LogP contribution is 2.41. The van der Waals surface area contributed by atoms with E-state index in [1.807, 2.05) is 19.1 Å². The van der Waals surface area contributed by atoms with Gasteiger partial charge in [0.2, 0.25) is 5.88 Å². The lowest BCUT2D eigenvalue weighted by atomic mass is 10.1. The summed E-state index contributed by atoms with van der Waals surface area (Å²) in [6.07, 6.45) is 3.01. The number of aromatic nitrogens is 2. The van der Waals surface area contributed by atoms with Crippen LogP contribution in [0.4, 0.5) is 5.69 Å². The van der Waals surface area contributed by atoms with Crippen LogP contribution in [0.1, 0.15) is 15.9 Å². The van der Waals surface area contributed by atoms with Crippen LogP contribution < -0.4 is 0 Å². The van der Waals surface area contributed by atoms with Crippen LogP contribution >= 0.6 is 15.9 Å². The number of carbonyl (C=O) groups is 1. The first-order valence-corrected chi connectivity index (χ1v) is 7.23. The summed E-state index contributed by atoms with van der Waals surface area (Å²) in [6.45, 7) is 1.93. The van der Waals surface area contributed by atoms with Crippen molar-refractivity contribution in [2.45, 2.75) is 6.92 Å². The number of aryl methyl sites for hydroxylation is 1. The number of nitrogens with zero attached hydrogens (tertiary/aromatic N) is 3. The van der Waals surface area contributed by atoms with Crippen LogP contribution in [0.3, 0.4) is 0 Å². The lowest BCUT2D eigenvalue weighted by Crippen LogP contribution is -1.92. The fourth-order valence-electron chi connectivity index (χ4n) is 2.07. The van der Waals surface area contributed by atoms with E-state index < -0.39 is 5.91 Å². The fourth-order valence-corrected chi connectivity index (χ4v) is 2.60. The molecule has 2 aromatic heterocycles. The zero-order valence-electron chi connectivity index (χ0n) is 11.5. The molecule has 2 N–H and O–H groups in total. The van der Waals surface area contributed by atoms with Crippen molar-refractivity contribution in [3.8, 4) is 5.88 Å². The minimum absolute atomic E-state index is 0.132. The third-order valence-corrected chi connectivity index (χ3v) is 4.24. The molecule has 6 nitrogen and oxygen atoms in total. The lowest BCUT2D eigenvalue weighted by molar-refractivity contribution is 0.0995. The smallest absolute Gasteiger partial charge is 0.295 e. The molecule has 0 aliphatic heterocycles. The van der Waals surface area contributed by atoms with Crippen LogP contribution in [-0.4, -0.2) is 21.0 Å². The van der Waals surface area contributed by atoms with E-state index in [9.17, 15) is 9.90 Å². The van der Waals surface area contributed by atoms with Crippen molar-refractivity contribution < 1.29 is 9.90 Å². The number of rotatable bonds is 2. The van der Waals surface area contributed by atoms with E-state index in [2.05, 4.69) is 36.1 Å². The Balaban J connectivity index is 2.04. The van der Waals surface area contributed by atoms with Gasteiger partial charge in [0.05, 0.1) is 5.52 Å². The van der Waals surface area contributed by atoms with Gasteiger partial charge < -0.3 is 10.1 Å². The summed E-state index contributed by atoms with van der Waals surface area (Å²) >= 11 is 3.47. The molecule has 0 fully saturated rings. The maximum Gasteiger partial charge on any atom is 0.295 e. The van der Waals surface area contributed by atoms with Crippen LogP contribution in [-0.2, 0) is 0 Å². The molecular weight excluding hydrogens is 348 g/mol. The molecule has 3 rings (SSSR count). The van der Waals surface area contributed by atoms with Gasteiger partial charge in [0.1, 0.15) is 0 Å². The topological polar surface area (TPSA) is 90.7 Å². The number of azo groups is 1. The van der Waals surface area contributed by atoms with Gasteiger partial charge >= 0.3 is 0 Å². The van der Waals surface area contributed by atoms with Crippen molar-refractivity contribution in [1.29, 1.82) is 0 Å². The Labute approximate surface area is 134 Å². The number of benzene rings is 1. The standard InChI is InChI=1S/C15H11BrN4O2/c1-8-2-3-10-11(12(8)16)13(15(22)18-10)19-20-14(21)9-4-6-17-7-5-9/h2-7,18,22H,1H3. The van der Waals surface area contributed by atoms with Gasteiger partial charge in [0.15, 0.2) is 5.69 Å². The molecule has 1 aromatic carbocycles. The molecule has 0 radical (unpaired) electrons. The van der Waals surface area contributed by atoms with Gasteiger partial charge in [-0.25, -0.2) is 0 Å². The molecule has 0 aliphatic rings. The third kappa shape index (κ3) is 2.50. The Morgan fingerprint density at radius 1 is 1.27 bits per heavy atom. The number of pyridine rings is 1. The number of aromatic hydroxyl groups is 1. The van der Waals surface area contributed by atoms with E-state index >= 15 is 0 Å². The van der Waals surface area contributed by atoms with Crippen LogP contribution in [0, 0.1) is 6.92 Å². The summed E-state index contributed by atoms with van der Waals surface area (Å²) in [6, 6.07) is 6.84. The average molecular weight is 359 g/mol. The normalized spacial score (nSPS) is 11.4. The van der Waals surface area contributed by atoms with Crippen molar-refractivity contribution in [3.63, 3.8) is 0 Å². The van der Waals surface area contributed by atoms with E-state index in [0.29, 0.717) is 16.5 Å². The highest BCUT2D eigenvalue weighted by atomic mass is 79.9. The molecule has 0 saturated heterocycles. The lowest BCUT2D eigenvalue weighted by Gasteiger charge is -1.99. The van der Waals surface area contributed by atoms with Gasteiger partial charge in [0.25, 0.3) is 5.91 Å². The number of carbonyl (C=O) groups excluding carboxylic acids is 1. The van der Waals surface area contributed by atoms with Gasteiger partial charge in [-0.2, -0.15) is 0 Å². The summed E-state index contributed by atoms with van der Waals surface area (Å²) in [5.41, 5.74) is 2.31. The number of hydrogen-bond donors (Lipinski definition) is 2. The first kappa shape index (κ1) is 14.4. The van der Waals surface area contributed by atoms with Gasteiger partial charge in [-0.3, -0.25) is 9.78 Å². The predicted molar refractivity (Wildman–Crippen MR) is 85.5 cm³/mol. The molecule has 0 saturated carbocycles. The number of hydrogen-bond acceptors (Lipinski definition) is 4. The fraction of sp³-hybridized carbons (Fsp3) is 0.0667. The Kier molecular flexibility index (Phi) is 3.72. The molecule has 3 aromatic rings. The Bertz CT molecular complexity index is 887. The van der Waals surface area contributed by atoms with Gasteiger partial charge in [-0.05, 0) is 46.6 Å². The molecule has 0 atom stereocenters. The van der Waals surface area contributed by atoms with Gasteiger partial charge in [-0.15, -0.1) is 10.2 Å². The van der Waals surface area contributed by atoms with Gasteiger partial charge in [0, 0.05) is 27.8 Å². The molecule has 0 spiro atoms.